The van der Waals surface area contributed by atoms with Crippen molar-refractivity contribution < 1.29 is 13.6 Å². The van der Waals surface area contributed by atoms with Gasteiger partial charge < -0.3 is 8.83 Å². The highest BCUT2D eigenvalue weighted by atomic mass is 32.2. The molecule has 2 aliphatic heterocycles. The van der Waals surface area contributed by atoms with Gasteiger partial charge in [0.05, 0.1) is 18.3 Å². The zero-order chi connectivity index (χ0) is 14.2. The van der Waals surface area contributed by atoms with Gasteiger partial charge in [0.2, 0.25) is 0 Å². The van der Waals surface area contributed by atoms with Crippen molar-refractivity contribution in [1.29, 1.82) is 0 Å². The SMILES string of the molecule is O=C1N=C(N2N=C(c3ccco3)CC2c2ccco2)CS1. The van der Waals surface area contributed by atoms with Crippen LogP contribution in [0.2, 0.25) is 0 Å². The molecule has 106 valence electrons. The van der Waals surface area contributed by atoms with Gasteiger partial charge in [-0.25, -0.2) is 5.01 Å². The summed E-state index contributed by atoms with van der Waals surface area (Å²) in [5.41, 5.74) is 0.827. The van der Waals surface area contributed by atoms with Crippen molar-refractivity contribution in [3.05, 3.63) is 48.3 Å². The van der Waals surface area contributed by atoms with Crippen molar-refractivity contribution in [1.82, 2.24) is 5.01 Å². The molecule has 2 aliphatic rings. The number of amides is 1. The van der Waals surface area contributed by atoms with Gasteiger partial charge in [-0.3, -0.25) is 4.79 Å². The van der Waals surface area contributed by atoms with Crippen LogP contribution in [-0.2, 0) is 0 Å². The third-order valence-electron chi connectivity index (χ3n) is 3.40. The molecule has 2 aromatic heterocycles. The summed E-state index contributed by atoms with van der Waals surface area (Å²) in [5, 5.41) is 6.18. The summed E-state index contributed by atoms with van der Waals surface area (Å²) < 4.78 is 10.9. The van der Waals surface area contributed by atoms with Gasteiger partial charge in [0.1, 0.15) is 29.1 Å². The number of thioether (sulfide) groups is 1. The molecule has 0 bridgehead atoms. The molecule has 21 heavy (non-hydrogen) atoms. The van der Waals surface area contributed by atoms with Crippen molar-refractivity contribution in [2.45, 2.75) is 12.5 Å². The topological polar surface area (TPSA) is 71.3 Å². The Morgan fingerprint density at radius 2 is 2.10 bits per heavy atom. The maximum Gasteiger partial charge on any atom is 0.307 e. The first-order valence-electron chi connectivity index (χ1n) is 6.49. The van der Waals surface area contributed by atoms with E-state index in [2.05, 4.69) is 10.1 Å². The molecule has 0 saturated carbocycles. The van der Waals surface area contributed by atoms with Crippen molar-refractivity contribution in [2.24, 2.45) is 10.1 Å². The van der Waals surface area contributed by atoms with Crippen LogP contribution >= 0.6 is 11.8 Å². The highest BCUT2D eigenvalue weighted by molar-refractivity contribution is 8.14. The van der Waals surface area contributed by atoms with E-state index < -0.39 is 0 Å². The third-order valence-corrected chi connectivity index (χ3v) is 4.14. The summed E-state index contributed by atoms with van der Waals surface area (Å²) in [6.45, 7) is 0. The molecule has 0 fully saturated rings. The maximum atomic E-state index is 11.4. The fourth-order valence-electron chi connectivity index (χ4n) is 2.46. The first-order valence-corrected chi connectivity index (χ1v) is 7.48. The van der Waals surface area contributed by atoms with Crippen LogP contribution in [-0.4, -0.2) is 27.5 Å². The van der Waals surface area contributed by atoms with Crippen molar-refractivity contribution >= 4 is 28.5 Å². The van der Waals surface area contributed by atoms with E-state index in [4.69, 9.17) is 8.83 Å². The molecule has 7 heteroatoms. The van der Waals surface area contributed by atoms with Gasteiger partial charge in [-0.2, -0.15) is 10.1 Å². The maximum absolute atomic E-state index is 11.4. The fourth-order valence-corrected chi connectivity index (χ4v) is 3.08. The van der Waals surface area contributed by atoms with Crippen molar-refractivity contribution in [3.8, 4) is 0 Å². The van der Waals surface area contributed by atoms with Gasteiger partial charge in [-0.15, -0.1) is 0 Å². The number of furan rings is 2. The molecule has 1 atom stereocenters. The van der Waals surface area contributed by atoms with E-state index in [0.29, 0.717) is 18.0 Å². The molecule has 4 heterocycles. The second kappa shape index (κ2) is 4.92. The Bertz CT molecular complexity index is 719. The number of aliphatic imine (C=N–C) groups is 1. The zero-order valence-corrected chi connectivity index (χ0v) is 11.7. The molecule has 1 amide bonds. The zero-order valence-electron chi connectivity index (χ0n) is 10.9. The lowest BCUT2D eigenvalue weighted by Crippen LogP contribution is -2.27. The van der Waals surface area contributed by atoms with E-state index in [-0.39, 0.29) is 11.3 Å². The monoisotopic (exact) mass is 301 g/mol. The van der Waals surface area contributed by atoms with Gasteiger partial charge >= 0.3 is 5.24 Å². The van der Waals surface area contributed by atoms with Crippen LogP contribution in [0.4, 0.5) is 4.79 Å². The third kappa shape index (κ3) is 2.19. The lowest BCUT2D eigenvalue weighted by atomic mass is 10.1. The number of rotatable bonds is 2. The van der Waals surface area contributed by atoms with E-state index >= 15 is 0 Å². The summed E-state index contributed by atoms with van der Waals surface area (Å²) in [6, 6.07) is 7.36. The number of nitrogens with zero attached hydrogens (tertiary/aromatic N) is 3. The fraction of sp³-hybridized carbons (Fsp3) is 0.214. The summed E-state index contributed by atoms with van der Waals surface area (Å²) in [7, 11) is 0. The molecular weight excluding hydrogens is 290 g/mol. The Kier molecular flexibility index (Phi) is 2.92. The van der Waals surface area contributed by atoms with Gasteiger partial charge in [0.25, 0.3) is 0 Å². The lowest BCUT2D eigenvalue weighted by Gasteiger charge is -2.20. The molecule has 6 nitrogen and oxygen atoms in total. The second-order valence-corrected chi connectivity index (χ2v) is 5.61. The van der Waals surface area contributed by atoms with Crippen LogP contribution in [0.3, 0.4) is 0 Å². The van der Waals surface area contributed by atoms with E-state index in [9.17, 15) is 4.79 Å². The van der Waals surface area contributed by atoms with Crippen LogP contribution in [0.25, 0.3) is 0 Å². The smallest absolute Gasteiger partial charge is 0.307 e. The molecule has 2 aromatic rings. The molecule has 0 aromatic carbocycles. The van der Waals surface area contributed by atoms with E-state index in [1.807, 2.05) is 24.3 Å². The first kappa shape index (κ1) is 12.5. The summed E-state index contributed by atoms with van der Waals surface area (Å²) in [5.74, 6) is 2.72. The van der Waals surface area contributed by atoms with Crippen molar-refractivity contribution in [3.63, 3.8) is 0 Å². The Morgan fingerprint density at radius 3 is 2.76 bits per heavy atom. The minimum absolute atomic E-state index is 0.0923. The number of hydrazone groups is 1. The van der Waals surface area contributed by atoms with E-state index in [1.54, 1.807) is 17.5 Å². The molecule has 0 aliphatic carbocycles. The summed E-state index contributed by atoms with van der Waals surface area (Å²) in [6.07, 6.45) is 3.91. The average molecular weight is 301 g/mol. The predicted molar refractivity (Wildman–Crippen MR) is 78.4 cm³/mol. The standard InChI is InChI=1S/C14H11N3O3S/c18-14-15-13(8-21-14)17-10(12-4-2-6-20-12)7-9(16-17)11-3-1-5-19-11/h1-6,10H,7-8H2. The van der Waals surface area contributed by atoms with E-state index in [1.165, 1.54) is 11.8 Å². The Hall–Kier alpha value is -2.28. The number of hydrogen-bond acceptors (Lipinski definition) is 6. The van der Waals surface area contributed by atoms with E-state index in [0.717, 1.165) is 17.2 Å². The lowest BCUT2D eigenvalue weighted by molar-refractivity contribution is 0.267. The van der Waals surface area contributed by atoms with Crippen LogP contribution in [0.5, 0.6) is 0 Å². The van der Waals surface area contributed by atoms with Gasteiger partial charge in [-0.05, 0) is 24.3 Å². The quantitative estimate of drug-likeness (QED) is 0.851. The van der Waals surface area contributed by atoms with Gasteiger partial charge in [0, 0.05) is 6.42 Å². The highest BCUT2D eigenvalue weighted by Gasteiger charge is 2.36. The molecule has 0 spiro atoms. The normalized spacial score (nSPS) is 21.8. The number of carbonyl (C=O) groups is 1. The first-order chi connectivity index (χ1) is 10.3. The number of hydrogen-bond donors (Lipinski definition) is 0. The molecule has 0 N–H and O–H groups in total. The van der Waals surface area contributed by atoms with Gasteiger partial charge in [0.15, 0.2) is 0 Å². The van der Waals surface area contributed by atoms with Crippen LogP contribution in [0.1, 0.15) is 24.0 Å². The summed E-state index contributed by atoms with van der Waals surface area (Å²) >= 11 is 1.18. The highest BCUT2D eigenvalue weighted by Crippen LogP contribution is 2.35. The average Bonchev–Trinajstić information content (AvgIpc) is 3.25. The molecular formula is C14H11N3O3S. The Labute approximate surface area is 124 Å². The minimum Gasteiger partial charge on any atom is -0.467 e. The largest absolute Gasteiger partial charge is 0.467 e. The minimum atomic E-state index is -0.176. The predicted octanol–water partition coefficient (Wildman–Crippen LogP) is 3.29. The molecule has 4 rings (SSSR count). The van der Waals surface area contributed by atoms with Crippen LogP contribution < -0.4 is 0 Å². The number of amidine groups is 1. The molecule has 1 unspecified atom stereocenters. The number of carbonyl (C=O) groups excluding carboxylic acids is 1. The Balaban J connectivity index is 1.71. The van der Waals surface area contributed by atoms with Crippen molar-refractivity contribution in [2.75, 3.05) is 5.75 Å². The van der Waals surface area contributed by atoms with Crippen LogP contribution in [0.15, 0.2) is 55.7 Å². The Morgan fingerprint density at radius 1 is 1.24 bits per heavy atom. The molecule has 0 radical (unpaired) electrons. The second-order valence-electron chi connectivity index (χ2n) is 4.69. The van der Waals surface area contributed by atoms with Crippen LogP contribution in [0, 0.1) is 0 Å². The van der Waals surface area contributed by atoms with Gasteiger partial charge in [-0.1, -0.05) is 11.8 Å². The molecule has 0 saturated heterocycles. The summed E-state index contributed by atoms with van der Waals surface area (Å²) in [4.78, 5) is 15.4.